The van der Waals surface area contributed by atoms with E-state index < -0.39 is 12.0 Å². The number of carbonyl (C=O) groups excluding carboxylic acids is 3. The molecular formula is C26H29Cl2N5O4S. The molecule has 0 aliphatic rings. The predicted molar refractivity (Wildman–Crippen MR) is 149 cm³/mol. The highest BCUT2D eigenvalue weighted by atomic mass is 35.5. The molecular weight excluding hydrogens is 549 g/mol. The van der Waals surface area contributed by atoms with Crippen molar-refractivity contribution in [3.05, 3.63) is 69.5 Å². The number of nitrogens with one attached hydrogen (secondary N) is 2. The zero-order valence-electron chi connectivity index (χ0n) is 21.5. The molecule has 0 aliphatic carbocycles. The van der Waals surface area contributed by atoms with Crippen LogP contribution in [0.1, 0.15) is 59.8 Å². The fraction of sp³-hybridized carbons (Fsp3) is 0.346. The summed E-state index contributed by atoms with van der Waals surface area (Å²) in [6.07, 6.45) is 0.616. The number of anilines is 1. The van der Waals surface area contributed by atoms with E-state index in [0.717, 1.165) is 0 Å². The van der Waals surface area contributed by atoms with Gasteiger partial charge in [0.1, 0.15) is 0 Å². The van der Waals surface area contributed by atoms with Crippen LogP contribution in [0.15, 0.2) is 47.6 Å². The summed E-state index contributed by atoms with van der Waals surface area (Å²) in [5.41, 5.74) is 0.939. The summed E-state index contributed by atoms with van der Waals surface area (Å²) in [5, 5.41) is 15.7. The number of methoxy groups -OCH3 is 1. The molecule has 0 unspecified atom stereocenters. The maximum atomic E-state index is 13.0. The lowest BCUT2D eigenvalue weighted by Crippen LogP contribution is -2.32. The first-order chi connectivity index (χ1) is 18.1. The lowest BCUT2D eigenvalue weighted by molar-refractivity contribution is -0.113. The summed E-state index contributed by atoms with van der Waals surface area (Å²) < 4.78 is 6.65. The number of ether oxygens (including phenoxy) is 1. The van der Waals surface area contributed by atoms with E-state index >= 15 is 0 Å². The van der Waals surface area contributed by atoms with Crippen LogP contribution in [0.3, 0.4) is 0 Å². The van der Waals surface area contributed by atoms with Gasteiger partial charge in [-0.15, -0.1) is 10.2 Å². The summed E-state index contributed by atoms with van der Waals surface area (Å²) >= 11 is 13.4. The largest absolute Gasteiger partial charge is 0.465 e. The van der Waals surface area contributed by atoms with Crippen LogP contribution in [0.2, 0.25) is 10.0 Å². The topological polar surface area (TPSA) is 115 Å². The second-order valence-corrected chi connectivity index (χ2v) is 10.5. The summed E-state index contributed by atoms with van der Waals surface area (Å²) in [6.45, 7) is 6.57. The second-order valence-electron chi connectivity index (χ2n) is 8.74. The van der Waals surface area contributed by atoms with Crippen molar-refractivity contribution in [2.24, 2.45) is 5.92 Å². The summed E-state index contributed by atoms with van der Waals surface area (Å²) in [5.74, 6) is -0.334. The molecule has 12 heteroatoms. The number of amides is 2. The number of hydrogen-bond donors (Lipinski definition) is 2. The van der Waals surface area contributed by atoms with Gasteiger partial charge >= 0.3 is 5.97 Å². The van der Waals surface area contributed by atoms with Gasteiger partial charge in [-0.2, -0.15) is 0 Å². The molecule has 38 heavy (non-hydrogen) atoms. The van der Waals surface area contributed by atoms with E-state index in [0.29, 0.717) is 40.2 Å². The van der Waals surface area contributed by atoms with E-state index in [2.05, 4.69) is 20.8 Å². The molecule has 1 heterocycles. The number of thioether (sulfide) groups is 1. The molecule has 3 aromatic rings. The first kappa shape index (κ1) is 29.5. The molecule has 0 saturated heterocycles. The van der Waals surface area contributed by atoms with Gasteiger partial charge in [-0.3, -0.25) is 9.59 Å². The van der Waals surface area contributed by atoms with Crippen LogP contribution < -0.4 is 10.6 Å². The van der Waals surface area contributed by atoms with Crippen LogP contribution in [-0.4, -0.2) is 45.4 Å². The highest BCUT2D eigenvalue weighted by molar-refractivity contribution is 7.99. The molecule has 0 saturated carbocycles. The summed E-state index contributed by atoms with van der Waals surface area (Å²) in [6, 6.07) is 10.9. The molecule has 0 aliphatic heterocycles. The number of hydrogen-bond acceptors (Lipinski definition) is 7. The van der Waals surface area contributed by atoms with Crippen LogP contribution in [0.5, 0.6) is 0 Å². The van der Waals surface area contributed by atoms with Gasteiger partial charge in [0, 0.05) is 11.6 Å². The van der Waals surface area contributed by atoms with Crippen LogP contribution in [0, 0.1) is 5.92 Å². The van der Waals surface area contributed by atoms with E-state index in [-0.39, 0.29) is 34.1 Å². The van der Waals surface area contributed by atoms with Gasteiger partial charge < -0.3 is 19.9 Å². The monoisotopic (exact) mass is 577 g/mol. The van der Waals surface area contributed by atoms with Crippen molar-refractivity contribution in [1.82, 2.24) is 20.1 Å². The Balaban J connectivity index is 1.75. The number of esters is 1. The molecule has 1 atom stereocenters. The Kier molecular flexibility index (Phi) is 10.6. The maximum absolute atomic E-state index is 13.0. The minimum atomic E-state index is -0.540. The molecule has 1 aromatic heterocycles. The number of benzene rings is 2. The van der Waals surface area contributed by atoms with E-state index in [1.165, 1.54) is 24.9 Å². The maximum Gasteiger partial charge on any atom is 0.339 e. The molecule has 2 aromatic carbocycles. The number of nitrogens with zero attached hydrogens (tertiary/aromatic N) is 3. The van der Waals surface area contributed by atoms with E-state index in [9.17, 15) is 14.4 Å². The van der Waals surface area contributed by atoms with Crippen molar-refractivity contribution in [3.63, 3.8) is 0 Å². The number of para-hydroxylation sites is 1. The Labute approximate surface area is 235 Å². The first-order valence-corrected chi connectivity index (χ1v) is 13.7. The van der Waals surface area contributed by atoms with Crippen molar-refractivity contribution in [2.45, 2.75) is 44.9 Å². The normalized spacial score (nSPS) is 11.8. The predicted octanol–water partition coefficient (Wildman–Crippen LogP) is 5.64. The molecule has 0 bridgehead atoms. The number of carbonyl (C=O) groups is 3. The highest BCUT2D eigenvalue weighted by Gasteiger charge is 2.25. The van der Waals surface area contributed by atoms with Gasteiger partial charge in [0.25, 0.3) is 5.91 Å². The standard InChI is InChI=1S/C26H29Cl2N5O4S/c1-5-33-23(21(12-15(2)3)30-24(35)17-11-10-16(27)13-19(17)28)31-32-26(33)38-14-22(34)29-20-9-7-6-8-18(20)25(36)37-4/h6-11,13,15,21H,5,12,14H2,1-4H3,(H,29,34)(H,30,35)/t21-/m0/s1. The molecule has 0 fully saturated rings. The molecule has 9 nitrogen and oxygen atoms in total. The molecule has 0 radical (unpaired) electrons. The van der Waals surface area contributed by atoms with Crippen LogP contribution in [0.25, 0.3) is 0 Å². The molecule has 2 N–H and O–H groups in total. The third-order valence-corrected chi connectivity index (χ3v) is 7.01. The molecule has 3 rings (SSSR count). The van der Waals surface area contributed by atoms with Crippen molar-refractivity contribution in [2.75, 3.05) is 18.2 Å². The zero-order chi connectivity index (χ0) is 27.8. The number of aromatic nitrogens is 3. The van der Waals surface area contributed by atoms with E-state index in [1.54, 1.807) is 36.4 Å². The van der Waals surface area contributed by atoms with Gasteiger partial charge in [-0.05, 0) is 49.6 Å². The summed E-state index contributed by atoms with van der Waals surface area (Å²) in [7, 11) is 1.28. The van der Waals surface area contributed by atoms with E-state index in [1.807, 2.05) is 25.3 Å². The minimum Gasteiger partial charge on any atom is -0.465 e. The van der Waals surface area contributed by atoms with Crippen LogP contribution in [0.4, 0.5) is 5.69 Å². The van der Waals surface area contributed by atoms with E-state index in [4.69, 9.17) is 27.9 Å². The smallest absolute Gasteiger partial charge is 0.339 e. The van der Waals surface area contributed by atoms with Gasteiger partial charge in [-0.25, -0.2) is 4.79 Å². The quantitative estimate of drug-likeness (QED) is 0.224. The Bertz CT molecular complexity index is 1310. The average Bonchev–Trinajstić information content (AvgIpc) is 3.29. The van der Waals surface area contributed by atoms with Gasteiger partial charge in [0.2, 0.25) is 5.91 Å². The Morgan fingerprint density at radius 3 is 2.47 bits per heavy atom. The molecule has 202 valence electrons. The zero-order valence-corrected chi connectivity index (χ0v) is 23.8. The van der Waals surface area contributed by atoms with Crippen molar-refractivity contribution >= 4 is 58.4 Å². The van der Waals surface area contributed by atoms with Crippen LogP contribution >= 0.6 is 35.0 Å². The van der Waals surface area contributed by atoms with Crippen molar-refractivity contribution < 1.29 is 19.1 Å². The highest BCUT2D eigenvalue weighted by Crippen LogP contribution is 2.27. The lowest BCUT2D eigenvalue weighted by atomic mass is 10.0. The second kappa shape index (κ2) is 13.6. The molecule has 2 amide bonds. The fourth-order valence-electron chi connectivity index (χ4n) is 3.77. The Morgan fingerprint density at radius 2 is 1.82 bits per heavy atom. The molecule has 0 spiro atoms. The SMILES string of the molecule is CCn1c(SCC(=O)Nc2ccccc2C(=O)OC)nnc1[C@H](CC(C)C)NC(=O)c1ccc(Cl)cc1Cl. The lowest BCUT2D eigenvalue weighted by Gasteiger charge is -2.21. The van der Waals surface area contributed by atoms with Gasteiger partial charge in [0.05, 0.1) is 40.7 Å². The fourth-order valence-corrected chi connectivity index (χ4v) is 5.07. The number of halogens is 2. The van der Waals surface area contributed by atoms with Gasteiger partial charge in [-0.1, -0.05) is 60.9 Å². The third-order valence-electron chi connectivity index (χ3n) is 5.50. The Hall–Kier alpha value is -3.08. The minimum absolute atomic E-state index is 0.0369. The first-order valence-electron chi connectivity index (χ1n) is 11.9. The average molecular weight is 579 g/mol. The van der Waals surface area contributed by atoms with Crippen molar-refractivity contribution in [1.29, 1.82) is 0 Å². The van der Waals surface area contributed by atoms with Crippen LogP contribution in [-0.2, 0) is 16.1 Å². The van der Waals surface area contributed by atoms with Crippen molar-refractivity contribution in [3.8, 4) is 0 Å². The van der Waals surface area contributed by atoms with Gasteiger partial charge in [0.15, 0.2) is 11.0 Å². The summed E-state index contributed by atoms with van der Waals surface area (Å²) in [4.78, 5) is 37.7. The number of rotatable bonds is 11. The third kappa shape index (κ3) is 7.49. The Morgan fingerprint density at radius 1 is 1.08 bits per heavy atom.